The molecule has 0 bridgehead atoms. The molecule has 0 radical (unpaired) electrons. The molecule has 0 aromatic rings. The van der Waals surface area contributed by atoms with Crippen LogP contribution in [0.3, 0.4) is 0 Å². The summed E-state index contributed by atoms with van der Waals surface area (Å²) in [5.74, 6) is 0.715. The van der Waals surface area contributed by atoms with E-state index in [-0.39, 0.29) is 0 Å². The Labute approximate surface area is 36.1 Å². The van der Waals surface area contributed by atoms with E-state index < -0.39 is 7.94 Å². The fraction of sp³-hybridized carbons (Fsp3) is 0. The number of rotatable bonds is 1. The largest absolute Gasteiger partial charge is 0.432 e. The first kappa shape index (κ1) is 6.05. The van der Waals surface area contributed by atoms with Crippen molar-refractivity contribution in [2.75, 3.05) is 0 Å². The fourth-order valence-corrected chi connectivity index (χ4v) is 0. The van der Waals surface area contributed by atoms with Crippen molar-refractivity contribution in [3.05, 3.63) is 12.4 Å². The van der Waals surface area contributed by atoms with Crippen molar-refractivity contribution in [1.29, 1.82) is 0 Å². The molecule has 0 fully saturated rings. The van der Waals surface area contributed by atoms with Crippen LogP contribution < -0.4 is 0 Å². The molecule has 0 amide bonds. The van der Waals surface area contributed by atoms with Crippen LogP contribution in [0.25, 0.3) is 0 Å². The highest BCUT2D eigenvalue weighted by atomic mass is 31.2. The van der Waals surface area contributed by atoms with E-state index in [1.165, 1.54) is 0 Å². The maximum Gasteiger partial charge on any atom is 0.432 e. The Balaban J connectivity index is 3.45. The molecule has 0 saturated heterocycles. The summed E-state index contributed by atoms with van der Waals surface area (Å²) in [5, 5.41) is 0. The van der Waals surface area contributed by atoms with Gasteiger partial charge in [-0.05, 0) is 0 Å². The maximum absolute atomic E-state index is 7.93. The summed E-state index contributed by atoms with van der Waals surface area (Å²) in [4.78, 5) is 23.8. The third kappa shape index (κ3) is 4.05. The van der Waals surface area contributed by atoms with Gasteiger partial charge in [-0.2, -0.15) is 14.7 Å². The van der Waals surface area contributed by atoms with Crippen LogP contribution in [0.15, 0.2) is 12.4 Å². The Bertz CT molecular complexity index is 54.3. The van der Waals surface area contributed by atoms with Crippen molar-refractivity contribution in [2.24, 2.45) is 0 Å². The fourth-order valence-electron chi connectivity index (χ4n) is 0. The van der Waals surface area contributed by atoms with Crippen LogP contribution in [0, 0.1) is 0 Å². The van der Waals surface area contributed by atoms with Crippen LogP contribution in [-0.4, -0.2) is 14.7 Å². The molecular formula is C2H6O3P+. The minimum atomic E-state index is -3.63. The van der Waals surface area contributed by atoms with E-state index in [2.05, 4.69) is 6.58 Å². The predicted molar refractivity (Wildman–Crippen MR) is 23.8 cm³/mol. The van der Waals surface area contributed by atoms with Crippen LogP contribution in [0.2, 0.25) is 0 Å². The highest BCUT2D eigenvalue weighted by Gasteiger charge is 2.22. The van der Waals surface area contributed by atoms with Gasteiger partial charge in [0.1, 0.15) is 5.82 Å². The summed E-state index contributed by atoms with van der Waals surface area (Å²) in [6.45, 7) is 2.93. The highest BCUT2D eigenvalue weighted by molar-refractivity contribution is 7.61. The molecular weight excluding hydrogens is 103 g/mol. The first-order valence-electron chi connectivity index (χ1n) is 1.27. The Kier molecular flexibility index (Phi) is 1.68. The van der Waals surface area contributed by atoms with E-state index in [4.69, 9.17) is 14.7 Å². The van der Waals surface area contributed by atoms with Gasteiger partial charge < -0.3 is 0 Å². The average Bonchev–Trinajstić information content (AvgIpc) is 1.35. The molecule has 6 heavy (non-hydrogen) atoms. The third-order valence-electron chi connectivity index (χ3n) is 0.245. The second-order valence-corrected chi connectivity index (χ2v) is 2.39. The summed E-state index contributed by atoms with van der Waals surface area (Å²) in [7, 11) is -3.63. The van der Waals surface area contributed by atoms with E-state index in [0.717, 1.165) is 0 Å². The van der Waals surface area contributed by atoms with Crippen molar-refractivity contribution in [3.8, 4) is 0 Å². The van der Waals surface area contributed by atoms with E-state index in [0.29, 0.717) is 5.82 Å². The summed E-state index contributed by atoms with van der Waals surface area (Å²) >= 11 is 0. The number of hydrogen-bond acceptors (Lipinski definition) is 3. The first-order valence-corrected chi connectivity index (χ1v) is 2.98. The summed E-state index contributed by atoms with van der Waals surface area (Å²) < 4.78 is 0. The van der Waals surface area contributed by atoms with Gasteiger partial charge in [-0.15, -0.1) is 0 Å². The van der Waals surface area contributed by atoms with Gasteiger partial charge in [0.15, 0.2) is 0 Å². The zero-order chi connectivity index (χ0) is 5.21. The molecule has 3 nitrogen and oxygen atoms in total. The van der Waals surface area contributed by atoms with Crippen LogP contribution in [0.4, 0.5) is 0 Å². The molecule has 0 aliphatic rings. The normalized spacial score (nSPS) is 11.2. The van der Waals surface area contributed by atoms with E-state index in [1.807, 2.05) is 0 Å². The predicted octanol–water partition coefficient (Wildman–Crippen LogP) is -0.131. The Morgan fingerprint density at radius 2 is 1.50 bits per heavy atom. The van der Waals surface area contributed by atoms with Gasteiger partial charge in [0.25, 0.3) is 0 Å². The van der Waals surface area contributed by atoms with Crippen LogP contribution in [0.1, 0.15) is 0 Å². The standard InChI is InChI=1S/C2H6O3P/c1-2-6(3,4)5/h2-5H,1H2/q+1. The van der Waals surface area contributed by atoms with E-state index >= 15 is 0 Å². The van der Waals surface area contributed by atoms with E-state index in [9.17, 15) is 0 Å². The molecule has 0 saturated carbocycles. The second-order valence-electron chi connectivity index (χ2n) is 0.797. The lowest BCUT2D eigenvalue weighted by Crippen LogP contribution is -1.77. The minimum Gasteiger partial charge on any atom is -0.189 e. The molecule has 3 N–H and O–H groups in total. The van der Waals surface area contributed by atoms with Gasteiger partial charge >= 0.3 is 7.94 Å². The quantitative estimate of drug-likeness (QED) is 0.411. The van der Waals surface area contributed by atoms with Crippen LogP contribution >= 0.6 is 7.94 Å². The van der Waals surface area contributed by atoms with E-state index in [1.54, 1.807) is 0 Å². The molecule has 4 heteroatoms. The summed E-state index contributed by atoms with van der Waals surface area (Å²) in [5.41, 5.74) is 0. The molecule has 0 atom stereocenters. The Morgan fingerprint density at radius 1 is 1.33 bits per heavy atom. The Hall–Kier alpha value is 0.0500. The summed E-state index contributed by atoms with van der Waals surface area (Å²) in [6, 6.07) is 0. The van der Waals surface area contributed by atoms with Crippen LogP contribution in [0.5, 0.6) is 0 Å². The van der Waals surface area contributed by atoms with Gasteiger partial charge in [0.2, 0.25) is 0 Å². The SMILES string of the molecule is C=C[P+](O)(O)O. The molecule has 36 valence electrons. The minimum absolute atomic E-state index is 0.715. The lowest BCUT2D eigenvalue weighted by Gasteiger charge is -1.89. The zero-order valence-corrected chi connectivity index (χ0v) is 3.97. The smallest absolute Gasteiger partial charge is 0.189 e. The van der Waals surface area contributed by atoms with Gasteiger partial charge in [0, 0.05) is 0 Å². The third-order valence-corrected chi connectivity index (χ3v) is 0.735. The van der Waals surface area contributed by atoms with Crippen molar-refractivity contribution in [3.63, 3.8) is 0 Å². The number of hydrogen-bond donors (Lipinski definition) is 3. The topological polar surface area (TPSA) is 60.7 Å². The molecule has 0 aliphatic heterocycles. The molecule has 0 aromatic carbocycles. The Morgan fingerprint density at radius 3 is 1.50 bits per heavy atom. The van der Waals surface area contributed by atoms with Gasteiger partial charge in [-0.3, -0.25) is 0 Å². The molecule has 0 spiro atoms. The van der Waals surface area contributed by atoms with Gasteiger partial charge in [-0.1, -0.05) is 6.58 Å². The highest BCUT2D eigenvalue weighted by Crippen LogP contribution is 2.44. The molecule has 0 aromatic heterocycles. The molecule has 0 aliphatic carbocycles. The molecule has 0 unspecified atom stereocenters. The monoisotopic (exact) mass is 109 g/mol. The van der Waals surface area contributed by atoms with Crippen molar-refractivity contribution >= 4 is 7.94 Å². The van der Waals surface area contributed by atoms with Crippen molar-refractivity contribution < 1.29 is 14.7 Å². The van der Waals surface area contributed by atoms with Crippen molar-refractivity contribution in [1.82, 2.24) is 0 Å². The molecule has 0 heterocycles. The second kappa shape index (κ2) is 1.67. The van der Waals surface area contributed by atoms with Gasteiger partial charge in [0.05, 0.1) is 0 Å². The maximum atomic E-state index is 7.93. The van der Waals surface area contributed by atoms with Crippen LogP contribution in [-0.2, 0) is 0 Å². The zero-order valence-electron chi connectivity index (χ0n) is 3.07. The first-order chi connectivity index (χ1) is 2.56. The lowest BCUT2D eigenvalue weighted by atomic mass is 11.3. The molecule has 0 rings (SSSR count). The lowest BCUT2D eigenvalue weighted by molar-refractivity contribution is 0.345. The summed E-state index contributed by atoms with van der Waals surface area (Å²) in [6.07, 6.45) is 0. The average molecular weight is 109 g/mol. The van der Waals surface area contributed by atoms with Crippen molar-refractivity contribution in [2.45, 2.75) is 0 Å². The van der Waals surface area contributed by atoms with Gasteiger partial charge in [-0.25, -0.2) is 0 Å².